The maximum absolute atomic E-state index is 11.8. The maximum Gasteiger partial charge on any atom is 0.240 e. The van der Waals surface area contributed by atoms with Crippen LogP contribution in [0.15, 0.2) is 29.2 Å². The summed E-state index contributed by atoms with van der Waals surface area (Å²) in [5.74, 6) is -0.155. The van der Waals surface area contributed by atoms with Crippen LogP contribution in [0.4, 0.5) is 5.69 Å². The van der Waals surface area contributed by atoms with Gasteiger partial charge in [0.25, 0.3) is 0 Å². The van der Waals surface area contributed by atoms with E-state index in [1.165, 1.54) is 12.1 Å². The number of carbonyl (C=O) groups is 1. The number of hydrogen-bond acceptors (Lipinski definition) is 4. The van der Waals surface area contributed by atoms with Gasteiger partial charge < -0.3 is 10.6 Å². The summed E-state index contributed by atoms with van der Waals surface area (Å²) < 4.78 is 25.9. The van der Waals surface area contributed by atoms with Crippen LogP contribution in [0.1, 0.15) is 27.2 Å². The summed E-state index contributed by atoms with van der Waals surface area (Å²) in [5.41, 5.74) is 0.571. The molecule has 7 heteroatoms. The molecule has 1 unspecified atom stereocenters. The minimum Gasteiger partial charge on any atom is -0.325 e. The number of anilines is 1. The topological polar surface area (TPSA) is 87.3 Å². The van der Waals surface area contributed by atoms with Crippen molar-refractivity contribution in [2.75, 3.05) is 18.4 Å². The zero-order valence-electron chi connectivity index (χ0n) is 12.6. The van der Waals surface area contributed by atoms with Gasteiger partial charge in [0.15, 0.2) is 0 Å². The number of sulfonamides is 1. The molecular weight excluding hydrogens is 290 g/mol. The number of carbonyl (C=O) groups excluding carboxylic acids is 1. The highest BCUT2D eigenvalue weighted by molar-refractivity contribution is 7.89. The Morgan fingerprint density at radius 2 is 1.81 bits per heavy atom. The molecule has 1 atom stereocenters. The van der Waals surface area contributed by atoms with Crippen molar-refractivity contribution < 1.29 is 13.2 Å². The minimum atomic E-state index is -3.46. The van der Waals surface area contributed by atoms with Crippen LogP contribution in [0, 0.1) is 0 Å². The first-order valence-corrected chi connectivity index (χ1v) is 8.50. The molecular formula is C14H23N3O3S. The molecule has 0 bridgehead atoms. The van der Waals surface area contributed by atoms with E-state index in [1.54, 1.807) is 19.1 Å². The van der Waals surface area contributed by atoms with Gasteiger partial charge in [-0.15, -0.1) is 0 Å². The number of benzene rings is 1. The lowest BCUT2D eigenvalue weighted by atomic mass is 10.2. The van der Waals surface area contributed by atoms with Gasteiger partial charge in [0.1, 0.15) is 0 Å². The summed E-state index contributed by atoms with van der Waals surface area (Å²) in [5, 5.41) is 5.80. The third-order valence-electron chi connectivity index (χ3n) is 3.01. The van der Waals surface area contributed by atoms with Crippen LogP contribution in [0.2, 0.25) is 0 Å². The number of rotatable bonds is 8. The molecule has 0 aromatic heterocycles. The lowest BCUT2D eigenvalue weighted by molar-refractivity contribution is -0.115. The van der Waals surface area contributed by atoms with Crippen molar-refractivity contribution in [1.29, 1.82) is 0 Å². The van der Waals surface area contributed by atoms with E-state index in [9.17, 15) is 13.2 Å². The van der Waals surface area contributed by atoms with Gasteiger partial charge in [-0.2, -0.15) is 0 Å². The van der Waals surface area contributed by atoms with Crippen LogP contribution in [0.25, 0.3) is 0 Å². The summed E-state index contributed by atoms with van der Waals surface area (Å²) in [4.78, 5) is 11.9. The van der Waals surface area contributed by atoms with Gasteiger partial charge in [0.05, 0.1) is 11.4 Å². The third kappa shape index (κ3) is 5.82. The van der Waals surface area contributed by atoms with Crippen molar-refractivity contribution in [2.24, 2.45) is 0 Å². The molecule has 1 amide bonds. The monoisotopic (exact) mass is 313 g/mol. The van der Waals surface area contributed by atoms with Crippen molar-refractivity contribution in [3.8, 4) is 0 Å². The summed E-state index contributed by atoms with van der Waals surface area (Å²) in [7, 11) is -3.46. The predicted octanol–water partition coefficient (Wildman–Crippen LogP) is 1.31. The molecule has 3 N–H and O–H groups in total. The van der Waals surface area contributed by atoms with E-state index in [4.69, 9.17) is 0 Å². The van der Waals surface area contributed by atoms with E-state index in [-0.39, 0.29) is 23.4 Å². The van der Waals surface area contributed by atoms with Gasteiger partial charge in [0.2, 0.25) is 15.9 Å². The first-order chi connectivity index (χ1) is 9.89. The van der Waals surface area contributed by atoms with Gasteiger partial charge in [-0.3, -0.25) is 4.79 Å². The highest BCUT2D eigenvalue weighted by atomic mass is 32.2. The molecule has 1 aromatic carbocycles. The fourth-order valence-corrected chi connectivity index (χ4v) is 2.65. The fourth-order valence-electron chi connectivity index (χ4n) is 1.61. The Bertz CT molecular complexity index is 555. The summed E-state index contributed by atoms with van der Waals surface area (Å²) in [6.07, 6.45) is 0.949. The lowest BCUT2D eigenvalue weighted by Crippen LogP contribution is -2.33. The minimum absolute atomic E-state index is 0.155. The van der Waals surface area contributed by atoms with Crippen LogP contribution in [-0.4, -0.2) is 33.5 Å². The smallest absolute Gasteiger partial charge is 0.240 e. The Labute approximate surface area is 126 Å². The molecule has 0 fully saturated rings. The molecule has 0 heterocycles. The quantitative estimate of drug-likeness (QED) is 0.675. The van der Waals surface area contributed by atoms with Crippen LogP contribution in [-0.2, 0) is 14.8 Å². The Kier molecular flexibility index (Phi) is 6.80. The van der Waals surface area contributed by atoms with Crippen LogP contribution in [0.3, 0.4) is 0 Å². The second kappa shape index (κ2) is 8.11. The van der Waals surface area contributed by atoms with Crippen LogP contribution < -0.4 is 15.4 Å². The van der Waals surface area contributed by atoms with Crippen molar-refractivity contribution in [2.45, 2.75) is 38.1 Å². The molecule has 1 rings (SSSR count). The SMILES string of the molecule is CCNS(=O)(=O)c1ccc(NC(=O)CNC(C)CC)cc1. The Balaban J connectivity index is 2.61. The molecule has 0 aliphatic carbocycles. The first-order valence-electron chi connectivity index (χ1n) is 7.02. The third-order valence-corrected chi connectivity index (χ3v) is 4.57. The van der Waals surface area contributed by atoms with Crippen molar-refractivity contribution in [3.63, 3.8) is 0 Å². The van der Waals surface area contributed by atoms with Crippen molar-refractivity contribution in [3.05, 3.63) is 24.3 Å². The number of nitrogens with one attached hydrogen (secondary N) is 3. The van der Waals surface area contributed by atoms with Gasteiger partial charge in [-0.25, -0.2) is 13.1 Å². The molecule has 21 heavy (non-hydrogen) atoms. The fraction of sp³-hybridized carbons (Fsp3) is 0.500. The highest BCUT2D eigenvalue weighted by Gasteiger charge is 2.12. The maximum atomic E-state index is 11.8. The van der Waals surface area contributed by atoms with E-state index < -0.39 is 10.0 Å². The average molecular weight is 313 g/mol. The average Bonchev–Trinajstić information content (AvgIpc) is 2.45. The van der Waals surface area contributed by atoms with E-state index in [2.05, 4.69) is 15.4 Å². The summed E-state index contributed by atoms with van der Waals surface area (Å²) >= 11 is 0. The lowest BCUT2D eigenvalue weighted by Gasteiger charge is -2.11. The molecule has 0 radical (unpaired) electrons. The zero-order chi connectivity index (χ0) is 15.9. The molecule has 0 aliphatic heterocycles. The molecule has 0 aliphatic rings. The molecule has 0 saturated heterocycles. The van der Waals surface area contributed by atoms with E-state index in [0.29, 0.717) is 12.2 Å². The predicted molar refractivity (Wildman–Crippen MR) is 83.7 cm³/mol. The second-order valence-corrected chi connectivity index (χ2v) is 6.53. The largest absolute Gasteiger partial charge is 0.325 e. The van der Waals surface area contributed by atoms with Crippen LogP contribution in [0.5, 0.6) is 0 Å². The normalized spacial score (nSPS) is 12.9. The number of amides is 1. The summed E-state index contributed by atoms with van der Waals surface area (Å²) in [6, 6.07) is 6.37. The van der Waals surface area contributed by atoms with Crippen LogP contribution >= 0.6 is 0 Å². The Morgan fingerprint density at radius 1 is 1.19 bits per heavy atom. The van der Waals surface area contributed by atoms with Gasteiger partial charge >= 0.3 is 0 Å². The summed E-state index contributed by atoms with van der Waals surface area (Å²) in [6.45, 7) is 6.33. The van der Waals surface area contributed by atoms with Crippen molar-refractivity contribution >= 4 is 21.6 Å². The first kappa shape index (κ1) is 17.6. The second-order valence-electron chi connectivity index (χ2n) is 4.76. The van der Waals surface area contributed by atoms with E-state index >= 15 is 0 Å². The Morgan fingerprint density at radius 3 is 2.33 bits per heavy atom. The van der Waals surface area contributed by atoms with Crippen molar-refractivity contribution in [1.82, 2.24) is 10.0 Å². The number of hydrogen-bond donors (Lipinski definition) is 3. The zero-order valence-corrected chi connectivity index (χ0v) is 13.5. The highest BCUT2D eigenvalue weighted by Crippen LogP contribution is 2.13. The van der Waals surface area contributed by atoms with Gasteiger partial charge in [-0.05, 0) is 37.6 Å². The molecule has 0 saturated carbocycles. The van der Waals surface area contributed by atoms with Gasteiger partial charge in [-0.1, -0.05) is 13.8 Å². The molecule has 118 valence electrons. The van der Waals surface area contributed by atoms with E-state index in [0.717, 1.165) is 6.42 Å². The standard InChI is InChI=1S/C14H23N3O3S/c1-4-11(3)15-10-14(18)17-12-6-8-13(9-7-12)21(19,20)16-5-2/h6-9,11,15-16H,4-5,10H2,1-3H3,(H,17,18). The Hall–Kier alpha value is -1.44. The molecule has 0 spiro atoms. The molecule has 6 nitrogen and oxygen atoms in total. The molecule has 1 aromatic rings. The van der Waals surface area contributed by atoms with Gasteiger partial charge in [0, 0.05) is 18.3 Å². The van der Waals surface area contributed by atoms with E-state index in [1.807, 2.05) is 13.8 Å².